The van der Waals surface area contributed by atoms with Crippen LogP contribution in [0.3, 0.4) is 0 Å². The molecule has 0 saturated carbocycles. The van der Waals surface area contributed by atoms with Gasteiger partial charge in [-0.25, -0.2) is 4.99 Å². The van der Waals surface area contributed by atoms with Gasteiger partial charge in [-0.2, -0.15) is 0 Å². The number of hydrogen-bond donors (Lipinski definition) is 1. The van der Waals surface area contributed by atoms with Crippen LogP contribution in [0.15, 0.2) is 29.4 Å². The number of benzene rings is 1. The van der Waals surface area contributed by atoms with Crippen molar-refractivity contribution < 1.29 is 14.3 Å². The van der Waals surface area contributed by atoms with E-state index in [1.807, 2.05) is 30.0 Å². The Morgan fingerprint density at radius 3 is 2.84 bits per heavy atom. The van der Waals surface area contributed by atoms with Crippen molar-refractivity contribution in [1.82, 2.24) is 15.1 Å². The van der Waals surface area contributed by atoms with Crippen LogP contribution in [0.25, 0.3) is 0 Å². The van der Waals surface area contributed by atoms with Crippen molar-refractivity contribution in [1.29, 1.82) is 0 Å². The number of rotatable bonds is 9. The third kappa shape index (κ3) is 6.87. The average Bonchev–Trinajstić information content (AvgIpc) is 2.99. The van der Waals surface area contributed by atoms with Crippen LogP contribution in [-0.2, 0) is 11.3 Å². The van der Waals surface area contributed by atoms with Crippen LogP contribution in [0, 0.1) is 11.8 Å². The first-order valence-electron chi connectivity index (χ1n) is 10.9. The van der Waals surface area contributed by atoms with Crippen LogP contribution in [0.2, 0.25) is 5.02 Å². The monoisotopic (exact) mass is 448 g/mol. The van der Waals surface area contributed by atoms with Gasteiger partial charge in [0.05, 0.1) is 31.2 Å². The zero-order valence-electron chi connectivity index (χ0n) is 18.6. The van der Waals surface area contributed by atoms with Crippen LogP contribution in [0.1, 0.15) is 32.8 Å². The summed E-state index contributed by atoms with van der Waals surface area (Å²) < 4.78 is 11.5. The first-order chi connectivity index (χ1) is 14.9. The fourth-order valence-corrected chi connectivity index (χ4v) is 3.91. The van der Waals surface area contributed by atoms with Crippen molar-refractivity contribution in [3.63, 3.8) is 0 Å². The van der Waals surface area contributed by atoms with Gasteiger partial charge in [0.25, 0.3) is 0 Å². The second-order valence-electron chi connectivity index (χ2n) is 8.50. The first-order valence-corrected chi connectivity index (χ1v) is 11.3. The summed E-state index contributed by atoms with van der Waals surface area (Å²) in [7, 11) is 0. The Kier molecular flexibility index (Phi) is 8.60. The molecule has 1 atom stereocenters. The molecule has 0 bridgehead atoms. The topological polar surface area (TPSA) is 66.4 Å². The lowest BCUT2D eigenvalue weighted by atomic mass is 10.1. The SMILES string of the molecule is CC(C)CN(Cc1cc(Cl)c2c(c1)OCCCO2)C(=O)C(C)CNCN1C=NC=CC1. The van der Waals surface area contributed by atoms with Crippen molar-refractivity contribution >= 4 is 23.8 Å². The van der Waals surface area contributed by atoms with Crippen LogP contribution in [0.5, 0.6) is 11.5 Å². The molecule has 7 nitrogen and oxygen atoms in total. The molecule has 0 aliphatic carbocycles. The number of hydrogen-bond acceptors (Lipinski definition) is 6. The standard InChI is InChI=1S/C23H33ClN4O3/c1-17(2)13-28(23(29)18(3)12-26-16-27-7-4-6-25-15-27)14-19-10-20(24)22-21(11-19)30-8-5-9-31-22/h4,6,10-11,15,17-18,26H,5,7-9,12-14,16H2,1-3H3. The number of fused-ring (bicyclic) bond motifs is 1. The number of ether oxygens (including phenoxy) is 2. The summed E-state index contributed by atoms with van der Waals surface area (Å²) in [4.78, 5) is 21.3. The largest absolute Gasteiger partial charge is 0.489 e. The van der Waals surface area contributed by atoms with Gasteiger partial charge < -0.3 is 19.3 Å². The van der Waals surface area contributed by atoms with Crippen molar-refractivity contribution in [2.45, 2.75) is 33.7 Å². The van der Waals surface area contributed by atoms with Gasteiger partial charge in [0.2, 0.25) is 5.91 Å². The van der Waals surface area contributed by atoms with Gasteiger partial charge in [0.15, 0.2) is 11.5 Å². The number of carbonyl (C=O) groups excluding carboxylic acids is 1. The normalized spacial score (nSPS) is 16.4. The Labute approximate surface area is 190 Å². The second kappa shape index (κ2) is 11.4. The van der Waals surface area contributed by atoms with Crippen molar-refractivity contribution in [3.05, 3.63) is 35.0 Å². The highest BCUT2D eigenvalue weighted by atomic mass is 35.5. The van der Waals surface area contributed by atoms with Gasteiger partial charge in [0, 0.05) is 44.7 Å². The lowest BCUT2D eigenvalue weighted by molar-refractivity contribution is -0.136. The molecule has 1 aromatic carbocycles. The van der Waals surface area contributed by atoms with Crippen LogP contribution < -0.4 is 14.8 Å². The predicted octanol–water partition coefficient (Wildman–Crippen LogP) is 3.53. The zero-order chi connectivity index (χ0) is 22.2. The van der Waals surface area contributed by atoms with Gasteiger partial charge in [-0.15, -0.1) is 0 Å². The van der Waals surface area contributed by atoms with E-state index in [1.54, 1.807) is 12.5 Å². The van der Waals surface area contributed by atoms with Crippen LogP contribution in [0.4, 0.5) is 0 Å². The van der Waals surface area contributed by atoms with Gasteiger partial charge in [-0.05, 0) is 29.7 Å². The Hall–Kier alpha value is -2.25. The molecule has 1 N–H and O–H groups in total. The number of carbonyl (C=O) groups is 1. The number of nitrogens with zero attached hydrogens (tertiary/aromatic N) is 3. The van der Waals surface area contributed by atoms with E-state index in [-0.39, 0.29) is 11.8 Å². The number of amides is 1. The van der Waals surface area contributed by atoms with E-state index >= 15 is 0 Å². The minimum atomic E-state index is -0.146. The van der Waals surface area contributed by atoms with E-state index < -0.39 is 0 Å². The molecule has 170 valence electrons. The molecule has 0 fully saturated rings. The molecule has 2 aliphatic heterocycles. The minimum Gasteiger partial charge on any atom is -0.489 e. The van der Waals surface area contributed by atoms with Gasteiger partial charge in [-0.3, -0.25) is 10.1 Å². The van der Waals surface area contributed by atoms with Gasteiger partial charge in [0.1, 0.15) is 0 Å². The molecule has 3 rings (SSSR count). The summed E-state index contributed by atoms with van der Waals surface area (Å²) in [6, 6.07) is 3.82. The molecule has 1 aromatic rings. The number of nitrogens with one attached hydrogen (secondary N) is 1. The average molecular weight is 449 g/mol. The summed E-state index contributed by atoms with van der Waals surface area (Å²) in [5.74, 6) is 1.59. The van der Waals surface area contributed by atoms with E-state index in [0.29, 0.717) is 62.0 Å². The van der Waals surface area contributed by atoms with Crippen molar-refractivity contribution in [2.24, 2.45) is 16.8 Å². The lowest BCUT2D eigenvalue weighted by Gasteiger charge is -2.29. The fraction of sp³-hybridized carbons (Fsp3) is 0.565. The summed E-state index contributed by atoms with van der Waals surface area (Å²) in [5, 5.41) is 3.89. The highest BCUT2D eigenvalue weighted by Gasteiger charge is 2.23. The maximum atomic E-state index is 13.2. The summed E-state index contributed by atoms with van der Waals surface area (Å²) >= 11 is 6.46. The molecule has 2 aliphatic rings. The summed E-state index contributed by atoms with van der Waals surface area (Å²) in [6.07, 6.45) is 6.42. The molecule has 0 saturated heterocycles. The van der Waals surface area contributed by atoms with E-state index in [0.717, 1.165) is 18.5 Å². The number of halogens is 1. The van der Waals surface area contributed by atoms with E-state index in [4.69, 9.17) is 21.1 Å². The summed E-state index contributed by atoms with van der Waals surface area (Å²) in [6.45, 7) is 10.6. The molecule has 0 radical (unpaired) electrons. The van der Waals surface area contributed by atoms with Crippen LogP contribution in [-0.4, -0.2) is 61.6 Å². The molecule has 1 unspecified atom stereocenters. The molecule has 0 aromatic heterocycles. The third-order valence-electron chi connectivity index (χ3n) is 5.08. The van der Waals surface area contributed by atoms with Crippen molar-refractivity contribution in [2.75, 3.05) is 39.5 Å². The van der Waals surface area contributed by atoms with Crippen LogP contribution >= 0.6 is 11.6 Å². The Morgan fingerprint density at radius 1 is 1.29 bits per heavy atom. The Morgan fingerprint density at radius 2 is 2.10 bits per heavy atom. The van der Waals surface area contributed by atoms with Gasteiger partial charge >= 0.3 is 0 Å². The molecule has 0 spiro atoms. The molecular formula is C23H33ClN4O3. The lowest BCUT2D eigenvalue weighted by Crippen LogP contribution is -2.42. The minimum absolute atomic E-state index is 0.122. The van der Waals surface area contributed by atoms with E-state index in [9.17, 15) is 4.79 Å². The smallest absolute Gasteiger partial charge is 0.226 e. The fourth-order valence-electron chi connectivity index (χ4n) is 3.62. The Bertz CT molecular complexity index is 812. The molecule has 1 amide bonds. The molecule has 8 heteroatoms. The van der Waals surface area contributed by atoms with E-state index in [1.165, 1.54) is 0 Å². The molecule has 2 heterocycles. The third-order valence-corrected chi connectivity index (χ3v) is 5.36. The quantitative estimate of drug-likeness (QED) is 0.626. The Balaban J connectivity index is 1.63. The molecular weight excluding hydrogens is 416 g/mol. The number of aliphatic imine (C=N–C) groups is 1. The highest BCUT2D eigenvalue weighted by Crippen LogP contribution is 2.38. The first kappa shape index (κ1) is 23.4. The zero-order valence-corrected chi connectivity index (χ0v) is 19.4. The highest BCUT2D eigenvalue weighted by molar-refractivity contribution is 6.32. The van der Waals surface area contributed by atoms with Crippen molar-refractivity contribution in [3.8, 4) is 11.5 Å². The van der Waals surface area contributed by atoms with E-state index in [2.05, 4.69) is 29.1 Å². The second-order valence-corrected chi connectivity index (χ2v) is 8.91. The van der Waals surface area contributed by atoms with Gasteiger partial charge in [-0.1, -0.05) is 32.4 Å². The predicted molar refractivity (Wildman–Crippen MR) is 124 cm³/mol. The maximum Gasteiger partial charge on any atom is 0.226 e. The maximum absolute atomic E-state index is 13.2. The molecule has 31 heavy (non-hydrogen) atoms. The summed E-state index contributed by atoms with van der Waals surface area (Å²) in [5.41, 5.74) is 0.944.